The Morgan fingerprint density at radius 3 is 2.07 bits per heavy atom. The van der Waals surface area contributed by atoms with E-state index in [1.807, 2.05) is 0 Å². The number of hydrogen-bond acceptors (Lipinski definition) is 0. The fraction of sp³-hybridized carbons (Fsp3) is 1.00. The standard InChI is InChI=1S/C14H29B/c1-13-11-9-7-5-4-6-8-10-12-14(2,3)15-13/h13,15H,4-12H2,1-3H3. The van der Waals surface area contributed by atoms with Gasteiger partial charge in [-0.1, -0.05) is 89.7 Å². The molecule has 0 aromatic rings. The average molecular weight is 208 g/mol. The van der Waals surface area contributed by atoms with Crippen molar-refractivity contribution < 1.29 is 0 Å². The fourth-order valence-corrected chi connectivity index (χ4v) is 3.13. The predicted octanol–water partition coefficient (Wildman–Crippen LogP) is 4.95. The van der Waals surface area contributed by atoms with Gasteiger partial charge in [0.05, 0.1) is 0 Å². The Labute approximate surface area is 97.5 Å². The van der Waals surface area contributed by atoms with Crippen molar-refractivity contribution in [2.75, 3.05) is 0 Å². The van der Waals surface area contributed by atoms with Crippen LogP contribution in [-0.2, 0) is 0 Å². The Kier molecular flexibility index (Phi) is 5.78. The maximum Gasteiger partial charge on any atom is 0.130 e. The molecule has 1 fully saturated rings. The van der Waals surface area contributed by atoms with E-state index in [-0.39, 0.29) is 0 Å². The first kappa shape index (κ1) is 13.1. The first-order chi connectivity index (χ1) is 7.10. The second kappa shape index (κ2) is 6.61. The van der Waals surface area contributed by atoms with Crippen molar-refractivity contribution in [3.63, 3.8) is 0 Å². The van der Waals surface area contributed by atoms with Crippen LogP contribution in [0.25, 0.3) is 0 Å². The summed E-state index contributed by atoms with van der Waals surface area (Å²) in [5, 5.41) is 0.596. The molecule has 0 saturated carbocycles. The van der Waals surface area contributed by atoms with Crippen molar-refractivity contribution in [2.45, 2.75) is 89.7 Å². The molecule has 0 amide bonds. The van der Waals surface area contributed by atoms with Gasteiger partial charge in [0.2, 0.25) is 0 Å². The third-order valence-electron chi connectivity index (χ3n) is 3.95. The van der Waals surface area contributed by atoms with Gasteiger partial charge in [-0.15, -0.1) is 0 Å². The van der Waals surface area contributed by atoms with Crippen LogP contribution in [0.3, 0.4) is 0 Å². The molecule has 1 rings (SSSR count). The van der Waals surface area contributed by atoms with Crippen molar-refractivity contribution in [1.29, 1.82) is 0 Å². The topological polar surface area (TPSA) is 0 Å². The molecule has 1 aliphatic heterocycles. The van der Waals surface area contributed by atoms with Gasteiger partial charge in [-0.2, -0.15) is 0 Å². The molecule has 88 valence electrons. The van der Waals surface area contributed by atoms with Crippen LogP contribution in [0.4, 0.5) is 0 Å². The lowest BCUT2D eigenvalue weighted by Crippen LogP contribution is -2.17. The number of rotatable bonds is 0. The summed E-state index contributed by atoms with van der Waals surface area (Å²) in [6.07, 6.45) is 13.2. The lowest BCUT2D eigenvalue weighted by Gasteiger charge is -2.27. The van der Waals surface area contributed by atoms with Gasteiger partial charge < -0.3 is 0 Å². The smallest absolute Gasteiger partial charge is 0.0693 e. The van der Waals surface area contributed by atoms with E-state index in [1.165, 1.54) is 65.1 Å². The molecule has 0 aromatic heterocycles. The molecule has 0 aliphatic carbocycles. The van der Waals surface area contributed by atoms with Gasteiger partial charge in [0.25, 0.3) is 0 Å². The highest BCUT2D eigenvalue weighted by Gasteiger charge is 2.22. The van der Waals surface area contributed by atoms with Gasteiger partial charge in [-0.3, -0.25) is 0 Å². The van der Waals surface area contributed by atoms with Crippen molar-refractivity contribution in [3.05, 3.63) is 0 Å². The van der Waals surface area contributed by atoms with E-state index in [0.29, 0.717) is 5.31 Å². The second-order valence-electron chi connectivity index (χ2n) is 6.49. The van der Waals surface area contributed by atoms with Crippen molar-refractivity contribution in [3.8, 4) is 0 Å². The van der Waals surface area contributed by atoms with Crippen LogP contribution in [-0.4, -0.2) is 7.28 Å². The van der Waals surface area contributed by atoms with E-state index in [9.17, 15) is 0 Å². The zero-order valence-corrected chi connectivity index (χ0v) is 11.1. The average Bonchev–Trinajstić information content (AvgIpc) is 2.12. The molecule has 0 N–H and O–H groups in total. The van der Waals surface area contributed by atoms with Crippen LogP contribution in [0.5, 0.6) is 0 Å². The molecule has 0 radical (unpaired) electrons. The molecule has 0 nitrogen and oxygen atoms in total. The molecule has 15 heavy (non-hydrogen) atoms. The van der Waals surface area contributed by atoms with E-state index in [4.69, 9.17) is 0 Å². The Balaban J connectivity index is 2.36. The molecule has 1 saturated heterocycles. The highest BCUT2D eigenvalue weighted by atomic mass is 14.1. The second-order valence-corrected chi connectivity index (χ2v) is 6.49. The lowest BCUT2D eigenvalue weighted by molar-refractivity contribution is 0.498. The van der Waals surface area contributed by atoms with Gasteiger partial charge in [0.15, 0.2) is 0 Å². The van der Waals surface area contributed by atoms with Crippen LogP contribution in [0.15, 0.2) is 0 Å². The van der Waals surface area contributed by atoms with E-state index >= 15 is 0 Å². The normalized spacial score (nSPS) is 29.7. The molecule has 0 aromatic carbocycles. The van der Waals surface area contributed by atoms with E-state index < -0.39 is 0 Å². The zero-order chi connectivity index (χ0) is 11.1. The van der Waals surface area contributed by atoms with Gasteiger partial charge in [0, 0.05) is 0 Å². The first-order valence-electron chi connectivity index (χ1n) is 7.10. The van der Waals surface area contributed by atoms with Gasteiger partial charge in [0.1, 0.15) is 7.28 Å². The molecule has 0 spiro atoms. The highest BCUT2D eigenvalue weighted by molar-refractivity contribution is 6.41. The third kappa shape index (κ3) is 6.27. The van der Waals surface area contributed by atoms with Crippen LogP contribution in [0, 0.1) is 0 Å². The predicted molar refractivity (Wildman–Crippen MR) is 72.2 cm³/mol. The maximum absolute atomic E-state index is 2.47. The van der Waals surface area contributed by atoms with Crippen LogP contribution in [0.2, 0.25) is 11.1 Å². The van der Waals surface area contributed by atoms with Crippen LogP contribution < -0.4 is 0 Å². The monoisotopic (exact) mass is 208 g/mol. The summed E-state index contributed by atoms with van der Waals surface area (Å²) in [5.41, 5.74) is 0. The quantitative estimate of drug-likeness (QED) is 0.494. The van der Waals surface area contributed by atoms with E-state index in [2.05, 4.69) is 20.8 Å². The van der Waals surface area contributed by atoms with E-state index in [1.54, 1.807) is 0 Å². The van der Waals surface area contributed by atoms with Gasteiger partial charge in [-0.05, 0) is 0 Å². The van der Waals surface area contributed by atoms with Gasteiger partial charge in [-0.25, -0.2) is 0 Å². The number of hydrogen-bond donors (Lipinski definition) is 0. The SMILES string of the molecule is CC1BC(C)(C)CCCCCCCCC1. The largest absolute Gasteiger partial charge is 0.130 e. The summed E-state index contributed by atoms with van der Waals surface area (Å²) in [6, 6.07) is 0. The summed E-state index contributed by atoms with van der Waals surface area (Å²) in [4.78, 5) is 0. The Hall–Kier alpha value is 0.0649. The lowest BCUT2D eigenvalue weighted by atomic mass is 9.45. The molecular formula is C14H29B. The minimum Gasteiger partial charge on any atom is -0.0693 e. The molecule has 1 unspecified atom stereocenters. The molecule has 1 heteroatoms. The Morgan fingerprint density at radius 2 is 1.40 bits per heavy atom. The fourth-order valence-electron chi connectivity index (χ4n) is 3.13. The summed E-state index contributed by atoms with van der Waals surface area (Å²) in [6.45, 7) is 7.39. The highest BCUT2D eigenvalue weighted by Crippen LogP contribution is 2.35. The summed E-state index contributed by atoms with van der Waals surface area (Å²) in [5.74, 6) is 0.944. The minimum absolute atomic E-state index is 0.596. The van der Waals surface area contributed by atoms with Gasteiger partial charge >= 0.3 is 0 Å². The third-order valence-corrected chi connectivity index (χ3v) is 3.95. The molecular weight excluding hydrogens is 179 g/mol. The molecule has 0 bridgehead atoms. The van der Waals surface area contributed by atoms with Crippen molar-refractivity contribution in [1.82, 2.24) is 0 Å². The Morgan fingerprint density at radius 1 is 0.867 bits per heavy atom. The first-order valence-corrected chi connectivity index (χ1v) is 7.10. The summed E-state index contributed by atoms with van der Waals surface area (Å²) < 4.78 is 0. The Bertz CT molecular complexity index is 163. The summed E-state index contributed by atoms with van der Waals surface area (Å²) >= 11 is 0. The maximum atomic E-state index is 2.47. The van der Waals surface area contributed by atoms with Crippen molar-refractivity contribution >= 4 is 7.28 Å². The zero-order valence-electron chi connectivity index (χ0n) is 11.1. The van der Waals surface area contributed by atoms with Crippen molar-refractivity contribution in [2.24, 2.45) is 0 Å². The minimum atomic E-state index is 0.596. The molecule has 1 aliphatic rings. The molecule has 1 atom stereocenters. The van der Waals surface area contributed by atoms with E-state index in [0.717, 1.165) is 5.82 Å². The molecule has 1 heterocycles. The summed E-state index contributed by atoms with van der Waals surface area (Å²) in [7, 11) is 1.44. The van der Waals surface area contributed by atoms with Crippen LogP contribution >= 0.6 is 0 Å². The van der Waals surface area contributed by atoms with Crippen LogP contribution in [0.1, 0.15) is 78.6 Å².